The molecule has 0 saturated carbocycles. The zero-order valence-corrected chi connectivity index (χ0v) is 21.8. The van der Waals surface area contributed by atoms with E-state index in [9.17, 15) is 27.2 Å². The fourth-order valence-electron chi connectivity index (χ4n) is 3.81. The summed E-state index contributed by atoms with van der Waals surface area (Å²) in [6.07, 6.45) is 0.0120. The van der Waals surface area contributed by atoms with Crippen LogP contribution in [0.4, 0.5) is 23.4 Å². The molecule has 39 heavy (non-hydrogen) atoms. The molecule has 2 N–H and O–H groups in total. The average Bonchev–Trinajstić information content (AvgIpc) is 3.29. The molecule has 210 valence electrons. The molecule has 2 amide bonds. The van der Waals surface area contributed by atoms with Crippen molar-refractivity contribution >= 4 is 17.6 Å². The van der Waals surface area contributed by atoms with Crippen LogP contribution in [-0.4, -0.2) is 56.6 Å². The van der Waals surface area contributed by atoms with Crippen molar-refractivity contribution in [2.45, 2.75) is 19.3 Å². The molecule has 3 aromatic rings. The number of alkyl halides is 1. The Morgan fingerprint density at radius 3 is 2.10 bits per heavy atom. The van der Waals surface area contributed by atoms with E-state index in [0.717, 1.165) is 12.1 Å². The molecule has 0 aliphatic carbocycles. The highest BCUT2D eigenvalue weighted by Gasteiger charge is 2.36. The highest BCUT2D eigenvalue weighted by molar-refractivity contribution is 5.96. The number of methoxy groups -OCH3 is 2. The number of anilines is 1. The highest BCUT2D eigenvalue weighted by Crippen LogP contribution is 2.36. The molecule has 1 aliphatic heterocycles. The Hall–Kier alpha value is -4.19. The van der Waals surface area contributed by atoms with Gasteiger partial charge < -0.3 is 19.9 Å². The summed E-state index contributed by atoms with van der Waals surface area (Å²) < 4.78 is 60.8. The van der Waals surface area contributed by atoms with Crippen molar-refractivity contribution in [3.63, 3.8) is 0 Å². The van der Waals surface area contributed by atoms with Crippen LogP contribution < -0.4 is 19.7 Å². The van der Waals surface area contributed by atoms with Gasteiger partial charge in [0.2, 0.25) is 5.91 Å². The number of hydrogen-bond acceptors (Lipinski definition) is 6. The van der Waals surface area contributed by atoms with Gasteiger partial charge >= 0.3 is 0 Å². The number of carbonyl (C=O) groups is 2. The summed E-state index contributed by atoms with van der Waals surface area (Å²) in [7, 11) is 4.40. The zero-order chi connectivity index (χ0) is 29.1. The predicted molar refractivity (Wildman–Crippen MR) is 136 cm³/mol. The number of aryl methyl sites for hydroxylation is 1. The minimum atomic E-state index is -1.25. The maximum atomic E-state index is 14.3. The van der Waals surface area contributed by atoms with Crippen LogP contribution in [0.1, 0.15) is 34.0 Å². The number of aromatic nitrogens is 1. The van der Waals surface area contributed by atoms with Crippen LogP contribution in [0, 0.1) is 24.4 Å². The van der Waals surface area contributed by atoms with Gasteiger partial charge in [-0.2, -0.15) is 0 Å². The molecule has 8 nitrogen and oxygen atoms in total. The minimum Gasteiger partial charge on any atom is -0.497 e. The number of nitrogens with one attached hydrogen (secondary N) is 1. The van der Waals surface area contributed by atoms with Gasteiger partial charge in [-0.3, -0.25) is 14.5 Å². The Bertz CT molecular complexity index is 1250. The van der Waals surface area contributed by atoms with E-state index in [2.05, 4.69) is 10.3 Å². The fraction of sp³-hybridized carbons (Fsp3) is 0.296. The molecule has 1 aromatic heterocycles. The van der Waals surface area contributed by atoms with E-state index in [1.165, 1.54) is 50.4 Å². The number of halogens is 4. The zero-order valence-electron chi connectivity index (χ0n) is 21.8. The number of pyridine rings is 1. The SMILES string of the molecule is CNC(=O)c1ccc(F)cc1.COc1cc(C)nc(N2CC(c3c(F)cc(OC)cc3F)CC2=O)c1.OCF. The van der Waals surface area contributed by atoms with E-state index in [1.54, 1.807) is 19.1 Å². The summed E-state index contributed by atoms with van der Waals surface area (Å²) in [6.45, 7) is 0.686. The van der Waals surface area contributed by atoms with Crippen molar-refractivity contribution in [1.29, 1.82) is 0 Å². The number of benzene rings is 2. The van der Waals surface area contributed by atoms with Crippen LogP contribution in [0.2, 0.25) is 0 Å². The molecule has 2 aromatic carbocycles. The number of ether oxygens (including phenoxy) is 2. The molecule has 1 unspecified atom stereocenters. The Morgan fingerprint density at radius 1 is 1.05 bits per heavy atom. The largest absolute Gasteiger partial charge is 0.497 e. The number of aliphatic hydroxyl groups excluding tert-OH is 1. The maximum Gasteiger partial charge on any atom is 0.251 e. The first-order chi connectivity index (χ1) is 18.6. The molecule has 0 spiro atoms. The normalized spacial score (nSPS) is 14.0. The Balaban J connectivity index is 0.000000317. The number of amides is 2. The van der Waals surface area contributed by atoms with E-state index in [4.69, 9.17) is 14.6 Å². The van der Waals surface area contributed by atoms with Crippen molar-refractivity contribution < 1.29 is 41.7 Å². The summed E-state index contributed by atoms with van der Waals surface area (Å²) in [4.78, 5) is 29.0. The second-order valence-corrected chi connectivity index (χ2v) is 8.12. The highest BCUT2D eigenvalue weighted by atomic mass is 19.1. The van der Waals surface area contributed by atoms with E-state index < -0.39 is 24.4 Å². The lowest BCUT2D eigenvalue weighted by Crippen LogP contribution is -2.25. The first-order valence-corrected chi connectivity index (χ1v) is 11.6. The first-order valence-electron chi connectivity index (χ1n) is 11.6. The smallest absolute Gasteiger partial charge is 0.251 e. The van der Waals surface area contributed by atoms with Crippen LogP contribution in [0.25, 0.3) is 0 Å². The quantitative estimate of drug-likeness (QED) is 0.459. The molecule has 2 heterocycles. The van der Waals surface area contributed by atoms with Gasteiger partial charge in [0, 0.05) is 67.0 Å². The molecular weight excluding hydrogens is 522 g/mol. The fourth-order valence-corrected chi connectivity index (χ4v) is 3.81. The van der Waals surface area contributed by atoms with Crippen LogP contribution in [-0.2, 0) is 4.79 Å². The van der Waals surface area contributed by atoms with Crippen molar-refractivity contribution in [3.8, 4) is 11.5 Å². The number of carbonyl (C=O) groups excluding carboxylic acids is 2. The molecule has 1 aliphatic rings. The number of hydrogen-bond donors (Lipinski definition) is 2. The third-order valence-electron chi connectivity index (χ3n) is 5.58. The standard InChI is InChI=1S/C18H18F2N2O3.C8H8FNO.CH3FO/c1-10-4-12(24-2)8-16(21-10)22-9-11(5-17(22)23)18-14(19)6-13(25-3)7-15(18)20;1-10-8(11)6-2-4-7(9)5-3-6;2-1-3/h4,6-8,11H,5,9H2,1-3H3;2-5H,1H3,(H,10,11);3H,1H2. The van der Waals surface area contributed by atoms with Gasteiger partial charge in [-0.15, -0.1) is 0 Å². The van der Waals surface area contributed by atoms with Gasteiger partial charge in [0.25, 0.3) is 5.91 Å². The second kappa shape index (κ2) is 14.7. The van der Waals surface area contributed by atoms with Crippen LogP contribution in [0.5, 0.6) is 11.5 Å². The predicted octanol–water partition coefficient (Wildman–Crippen LogP) is 4.30. The van der Waals surface area contributed by atoms with Gasteiger partial charge in [0.05, 0.1) is 14.2 Å². The number of rotatable bonds is 5. The third kappa shape index (κ3) is 8.40. The third-order valence-corrected chi connectivity index (χ3v) is 5.58. The van der Waals surface area contributed by atoms with Gasteiger partial charge in [-0.05, 0) is 31.2 Å². The summed E-state index contributed by atoms with van der Waals surface area (Å²) in [5.41, 5.74) is 1.05. The van der Waals surface area contributed by atoms with Crippen molar-refractivity contribution in [3.05, 3.63) is 82.8 Å². The van der Waals surface area contributed by atoms with Crippen LogP contribution in [0.3, 0.4) is 0 Å². The van der Waals surface area contributed by atoms with Gasteiger partial charge in [-0.1, -0.05) is 0 Å². The van der Waals surface area contributed by atoms with Gasteiger partial charge in [0.1, 0.15) is 34.8 Å². The minimum absolute atomic E-state index is 0.0120. The second-order valence-electron chi connectivity index (χ2n) is 8.12. The van der Waals surface area contributed by atoms with E-state index >= 15 is 0 Å². The average molecular weight is 552 g/mol. The van der Waals surface area contributed by atoms with Gasteiger partial charge in [-0.25, -0.2) is 22.5 Å². The Morgan fingerprint density at radius 2 is 1.59 bits per heavy atom. The molecule has 1 saturated heterocycles. The van der Waals surface area contributed by atoms with Crippen molar-refractivity contribution in [2.75, 3.05) is 39.6 Å². The summed E-state index contributed by atoms with van der Waals surface area (Å²) in [5, 5.41) is 9.34. The number of nitrogens with zero attached hydrogens (tertiary/aromatic N) is 2. The molecule has 4 rings (SSSR count). The van der Waals surface area contributed by atoms with Crippen LogP contribution >= 0.6 is 0 Å². The monoisotopic (exact) mass is 551 g/mol. The molecule has 1 fully saturated rings. The Kier molecular flexibility index (Phi) is 11.7. The van der Waals surface area contributed by atoms with Crippen LogP contribution in [0.15, 0.2) is 48.5 Å². The summed E-state index contributed by atoms with van der Waals surface area (Å²) >= 11 is 0. The van der Waals surface area contributed by atoms with Crippen molar-refractivity contribution in [2.24, 2.45) is 0 Å². The maximum absolute atomic E-state index is 14.3. The number of aliphatic hydroxyl groups is 1. The lowest BCUT2D eigenvalue weighted by Gasteiger charge is -2.18. The Labute approximate surface area is 223 Å². The van der Waals surface area contributed by atoms with Crippen molar-refractivity contribution in [1.82, 2.24) is 10.3 Å². The summed E-state index contributed by atoms with van der Waals surface area (Å²) in [6, 6.07) is 11.0. The lowest BCUT2D eigenvalue weighted by molar-refractivity contribution is -0.117. The molecule has 1 atom stereocenters. The van der Waals surface area contributed by atoms with E-state index in [-0.39, 0.29) is 41.9 Å². The first kappa shape index (κ1) is 31.0. The van der Waals surface area contributed by atoms with E-state index in [0.29, 0.717) is 22.8 Å². The lowest BCUT2D eigenvalue weighted by atomic mass is 9.97. The molecule has 12 heteroatoms. The topological polar surface area (TPSA) is 101 Å². The molecule has 0 bridgehead atoms. The molecule has 0 radical (unpaired) electrons. The molecular formula is C27H29F4N3O5. The summed E-state index contributed by atoms with van der Waals surface area (Å²) in [5.74, 6) is -1.71. The van der Waals surface area contributed by atoms with Gasteiger partial charge in [0.15, 0.2) is 6.86 Å². The van der Waals surface area contributed by atoms with E-state index in [1.807, 2.05) is 0 Å².